The van der Waals surface area contributed by atoms with Crippen molar-refractivity contribution in [3.63, 3.8) is 0 Å². The van der Waals surface area contributed by atoms with Crippen molar-refractivity contribution in [3.05, 3.63) is 64.8 Å². The average molecular weight is 402 g/mol. The van der Waals surface area contributed by atoms with Gasteiger partial charge in [-0.05, 0) is 37.2 Å². The number of nitrogens with zero attached hydrogens (tertiary/aromatic N) is 2. The van der Waals surface area contributed by atoms with Gasteiger partial charge >= 0.3 is 0 Å². The Hall–Kier alpha value is -2.14. The fraction of sp³-hybridized carbons (Fsp3) is 0.238. The number of hydrogen-bond acceptors (Lipinski definition) is 4. The van der Waals surface area contributed by atoms with Crippen molar-refractivity contribution in [1.82, 2.24) is 15.3 Å². The van der Waals surface area contributed by atoms with E-state index in [0.717, 1.165) is 42.0 Å². The van der Waals surface area contributed by atoms with Gasteiger partial charge in [-0.15, -0.1) is 0 Å². The monoisotopic (exact) mass is 401 g/mol. The van der Waals surface area contributed by atoms with Crippen LogP contribution in [0, 0.1) is 0 Å². The van der Waals surface area contributed by atoms with E-state index >= 15 is 0 Å². The molecule has 140 valence electrons. The first kappa shape index (κ1) is 19.6. The van der Waals surface area contributed by atoms with Crippen LogP contribution in [0.5, 0.6) is 5.88 Å². The molecule has 0 amide bonds. The standard InChI is InChI=1S/C21H21Cl2N3O/c1-2-11-24-12-13-27-19-14-25-20(15-3-7-17(22)8-4-15)21(26-19)16-5-9-18(23)10-6-16/h3-10,14,24H,2,11-13H2,1H3. The van der Waals surface area contributed by atoms with E-state index < -0.39 is 0 Å². The van der Waals surface area contributed by atoms with E-state index in [0.29, 0.717) is 22.5 Å². The third-order valence-electron chi connectivity index (χ3n) is 3.94. The number of ether oxygens (including phenoxy) is 1. The van der Waals surface area contributed by atoms with Gasteiger partial charge in [0.1, 0.15) is 12.3 Å². The molecule has 0 saturated heterocycles. The fourth-order valence-electron chi connectivity index (χ4n) is 2.60. The average Bonchev–Trinajstić information content (AvgIpc) is 2.69. The Bertz CT molecular complexity index is 868. The molecule has 3 aromatic rings. The second-order valence-corrected chi connectivity index (χ2v) is 6.89. The SMILES string of the molecule is CCCNCCOc1cnc(-c2ccc(Cl)cc2)c(-c2ccc(Cl)cc2)n1. The van der Waals surface area contributed by atoms with Crippen LogP contribution in [0.15, 0.2) is 54.7 Å². The molecule has 1 heterocycles. The zero-order valence-corrected chi connectivity index (χ0v) is 16.6. The predicted molar refractivity (Wildman–Crippen MR) is 112 cm³/mol. The van der Waals surface area contributed by atoms with Crippen molar-refractivity contribution in [3.8, 4) is 28.4 Å². The maximum absolute atomic E-state index is 6.03. The first-order valence-corrected chi connectivity index (χ1v) is 9.65. The third-order valence-corrected chi connectivity index (χ3v) is 4.45. The summed E-state index contributed by atoms with van der Waals surface area (Å²) in [7, 11) is 0. The maximum atomic E-state index is 6.03. The minimum Gasteiger partial charge on any atom is -0.475 e. The van der Waals surface area contributed by atoms with Crippen molar-refractivity contribution >= 4 is 23.2 Å². The van der Waals surface area contributed by atoms with Gasteiger partial charge in [0, 0.05) is 27.7 Å². The van der Waals surface area contributed by atoms with E-state index in [1.165, 1.54) is 0 Å². The van der Waals surface area contributed by atoms with Gasteiger partial charge in [-0.1, -0.05) is 54.4 Å². The topological polar surface area (TPSA) is 47.0 Å². The van der Waals surface area contributed by atoms with E-state index in [9.17, 15) is 0 Å². The molecule has 3 rings (SSSR count). The van der Waals surface area contributed by atoms with Crippen molar-refractivity contribution in [2.24, 2.45) is 0 Å². The molecule has 0 radical (unpaired) electrons. The van der Waals surface area contributed by atoms with Crippen LogP contribution in [-0.2, 0) is 0 Å². The smallest absolute Gasteiger partial charge is 0.232 e. The first-order valence-electron chi connectivity index (χ1n) is 8.90. The summed E-state index contributed by atoms with van der Waals surface area (Å²) in [5.74, 6) is 0.496. The third kappa shape index (κ3) is 5.42. The van der Waals surface area contributed by atoms with E-state index in [2.05, 4.69) is 17.2 Å². The molecule has 0 bridgehead atoms. The summed E-state index contributed by atoms with van der Waals surface area (Å²) in [6.45, 7) is 4.41. The Morgan fingerprint density at radius 2 is 1.44 bits per heavy atom. The molecule has 0 saturated carbocycles. The predicted octanol–water partition coefficient (Wildman–Crippen LogP) is 5.50. The lowest BCUT2D eigenvalue weighted by atomic mass is 10.0. The molecular formula is C21H21Cl2N3O. The van der Waals surface area contributed by atoms with Gasteiger partial charge in [-0.2, -0.15) is 0 Å². The lowest BCUT2D eigenvalue weighted by Crippen LogP contribution is -2.21. The van der Waals surface area contributed by atoms with Crippen LogP contribution in [0.3, 0.4) is 0 Å². The van der Waals surface area contributed by atoms with Crippen molar-refractivity contribution in [1.29, 1.82) is 0 Å². The van der Waals surface area contributed by atoms with Crippen LogP contribution in [0.1, 0.15) is 13.3 Å². The number of nitrogens with one attached hydrogen (secondary N) is 1. The summed E-state index contributed by atoms with van der Waals surface area (Å²) in [6, 6.07) is 15.1. The molecule has 0 atom stereocenters. The fourth-order valence-corrected chi connectivity index (χ4v) is 2.85. The molecule has 2 aromatic carbocycles. The quantitative estimate of drug-likeness (QED) is 0.506. The van der Waals surface area contributed by atoms with E-state index in [-0.39, 0.29) is 0 Å². The van der Waals surface area contributed by atoms with Gasteiger partial charge in [-0.3, -0.25) is 0 Å². The number of benzene rings is 2. The van der Waals surface area contributed by atoms with E-state index in [1.807, 2.05) is 48.5 Å². The Balaban J connectivity index is 1.90. The number of halogens is 2. The van der Waals surface area contributed by atoms with Crippen LogP contribution in [0.2, 0.25) is 10.0 Å². The minimum atomic E-state index is 0.496. The van der Waals surface area contributed by atoms with Gasteiger partial charge in [0.25, 0.3) is 0 Å². The number of aromatic nitrogens is 2. The highest BCUT2D eigenvalue weighted by Gasteiger charge is 2.13. The summed E-state index contributed by atoms with van der Waals surface area (Å²) >= 11 is 12.0. The van der Waals surface area contributed by atoms with Crippen LogP contribution in [0.25, 0.3) is 22.5 Å². The van der Waals surface area contributed by atoms with E-state index in [4.69, 9.17) is 32.9 Å². The van der Waals surface area contributed by atoms with Gasteiger partial charge in [0.2, 0.25) is 5.88 Å². The number of hydrogen-bond donors (Lipinski definition) is 1. The molecular weight excluding hydrogens is 381 g/mol. The normalized spacial score (nSPS) is 10.8. The van der Waals surface area contributed by atoms with Crippen LogP contribution >= 0.6 is 23.2 Å². The highest BCUT2D eigenvalue weighted by molar-refractivity contribution is 6.31. The van der Waals surface area contributed by atoms with Crippen molar-refractivity contribution in [2.45, 2.75) is 13.3 Å². The zero-order valence-electron chi connectivity index (χ0n) is 15.1. The maximum Gasteiger partial charge on any atom is 0.232 e. The molecule has 1 aromatic heterocycles. The zero-order chi connectivity index (χ0) is 19.1. The molecule has 0 aliphatic heterocycles. The Kier molecular flexibility index (Phi) is 7.04. The molecule has 0 fully saturated rings. The van der Waals surface area contributed by atoms with Gasteiger partial charge < -0.3 is 10.1 Å². The van der Waals surface area contributed by atoms with Crippen LogP contribution in [-0.4, -0.2) is 29.7 Å². The minimum absolute atomic E-state index is 0.496. The second kappa shape index (κ2) is 9.70. The molecule has 4 nitrogen and oxygen atoms in total. The number of rotatable bonds is 8. The van der Waals surface area contributed by atoms with Crippen LogP contribution in [0.4, 0.5) is 0 Å². The Morgan fingerprint density at radius 1 is 0.852 bits per heavy atom. The lowest BCUT2D eigenvalue weighted by molar-refractivity contribution is 0.302. The van der Waals surface area contributed by atoms with Crippen LogP contribution < -0.4 is 10.1 Å². The molecule has 0 unspecified atom stereocenters. The lowest BCUT2D eigenvalue weighted by Gasteiger charge is -2.12. The Morgan fingerprint density at radius 3 is 2.04 bits per heavy atom. The molecule has 27 heavy (non-hydrogen) atoms. The Labute approximate surface area is 169 Å². The molecule has 0 aliphatic carbocycles. The van der Waals surface area contributed by atoms with Crippen molar-refractivity contribution < 1.29 is 4.74 Å². The highest BCUT2D eigenvalue weighted by atomic mass is 35.5. The largest absolute Gasteiger partial charge is 0.475 e. The van der Waals surface area contributed by atoms with E-state index in [1.54, 1.807) is 6.20 Å². The highest BCUT2D eigenvalue weighted by Crippen LogP contribution is 2.31. The van der Waals surface area contributed by atoms with Crippen molar-refractivity contribution in [2.75, 3.05) is 19.7 Å². The summed E-state index contributed by atoms with van der Waals surface area (Å²) in [4.78, 5) is 9.31. The summed E-state index contributed by atoms with van der Waals surface area (Å²) in [5, 5.41) is 4.66. The molecule has 0 spiro atoms. The first-order chi connectivity index (χ1) is 13.2. The summed E-state index contributed by atoms with van der Waals surface area (Å²) in [5.41, 5.74) is 3.37. The van der Waals surface area contributed by atoms with Gasteiger partial charge in [0.15, 0.2) is 0 Å². The molecule has 0 aliphatic rings. The summed E-state index contributed by atoms with van der Waals surface area (Å²) < 4.78 is 5.77. The van der Waals surface area contributed by atoms with Gasteiger partial charge in [0.05, 0.1) is 11.9 Å². The van der Waals surface area contributed by atoms with Gasteiger partial charge in [-0.25, -0.2) is 9.97 Å². The second-order valence-electron chi connectivity index (χ2n) is 6.02. The molecule has 1 N–H and O–H groups in total. The summed E-state index contributed by atoms with van der Waals surface area (Å²) in [6.07, 6.45) is 2.75. The molecule has 6 heteroatoms.